The zero-order chi connectivity index (χ0) is 18.2. The number of para-hydroxylation sites is 1. The molecule has 0 aliphatic carbocycles. The lowest BCUT2D eigenvalue weighted by Gasteiger charge is -2.20. The van der Waals surface area contributed by atoms with E-state index in [0.717, 1.165) is 22.0 Å². The van der Waals surface area contributed by atoms with Gasteiger partial charge in [-0.3, -0.25) is 4.98 Å². The number of hydrogen-bond donors (Lipinski definition) is 2. The van der Waals surface area contributed by atoms with Gasteiger partial charge >= 0.3 is 0 Å². The molecule has 0 bridgehead atoms. The molecule has 0 saturated heterocycles. The SMILES string of the molecule is CC(C)(C)NS(=O)(=O)c1ccc(-c2cccc3c(N)ccnc23)cc1. The van der Waals surface area contributed by atoms with E-state index in [1.807, 2.05) is 39.0 Å². The Bertz CT molecular complexity index is 1020. The van der Waals surface area contributed by atoms with E-state index in [-0.39, 0.29) is 4.90 Å². The topological polar surface area (TPSA) is 85.1 Å². The summed E-state index contributed by atoms with van der Waals surface area (Å²) in [7, 11) is -3.55. The Kier molecular flexibility index (Phi) is 4.26. The summed E-state index contributed by atoms with van der Waals surface area (Å²) in [4.78, 5) is 4.66. The van der Waals surface area contributed by atoms with Crippen LogP contribution in [-0.4, -0.2) is 18.9 Å². The fraction of sp³-hybridized carbons (Fsp3) is 0.211. The van der Waals surface area contributed by atoms with E-state index >= 15 is 0 Å². The lowest BCUT2D eigenvalue weighted by atomic mass is 10.0. The third kappa shape index (κ3) is 3.65. The van der Waals surface area contributed by atoms with Crippen LogP contribution in [0.1, 0.15) is 20.8 Å². The summed E-state index contributed by atoms with van der Waals surface area (Å²) in [5.41, 5.74) is 8.75. The van der Waals surface area contributed by atoms with E-state index in [2.05, 4.69) is 9.71 Å². The number of nitrogens with zero attached hydrogens (tertiary/aromatic N) is 1. The van der Waals surface area contributed by atoms with Crippen molar-refractivity contribution >= 4 is 26.6 Å². The molecule has 130 valence electrons. The minimum atomic E-state index is -3.55. The molecular weight excluding hydrogens is 334 g/mol. The molecule has 0 atom stereocenters. The van der Waals surface area contributed by atoms with Gasteiger partial charge in [0, 0.05) is 28.4 Å². The summed E-state index contributed by atoms with van der Waals surface area (Å²) in [5.74, 6) is 0. The van der Waals surface area contributed by atoms with E-state index in [9.17, 15) is 8.42 Å². The van der Waals surface area contributed by atoms with Crippen LogP contribution in [-0.2, 0) is 10.0 Å². The quantitative estimate of drug-likeness (QED) is 0.752. The summed E-state index contributed by atoms with van der Waals surface area (Å²) in [6.45, 7) is 5.43. The van der Waals surface area contributed by atoms with E-state index in [1.54, 1.807) is 36.5 Å². The predicted octanol–water partition coefficient (Wildman–Crippen LogP) is 3.56. The Hall–Kier alpha value is -2.44. The summed E-state index contributed by atoms with van der Waals surface area (Å²) in [6.07, 6.45) is 1.67. The second-order valence-corrected chi connectivity index (χ2v) is 8.66. The molecule has 5 nitrogen and oxygen atoms in total. The van der Waals surface area contributed by atoms with Gasteiger partial charge in [-0.1, -0.05) is 30.3 Å². The summed E-state index contributed by atoms with van der Waals surface area (Å²) in [6, 6.07) is 14.3. The van der Waals surface area contributed by atoms with Gasteiger partial charge in [-0.25, -0.2) is 13.1 Å². The van der Waals surface area contributed by atoms with Gasteiger partial charge in [-0.15, -0.1) is 0 Å². The van der Waals surface area contributed by atoms with Gasteiger partial charge in [0.25, 0.3) is 0 Å². The Morgan fingerprint density at radius 2 is 1.68 bits per heavy atom. The third-order valence-electron chi connectivity index (χ3n) is 3.72. The molecule has 0 fully saturated rings. The van der Waals surface area contributed by atoms with Crippen molar-refractivity contribution in [2.45, 2.75) is 31.2 Å². The largest absolute Gasteiger partial charge is 0.398 e. The minimum absolute atomic E-state index is 0.235. The van der Waals surface area contributed by atoms with Crippen LogP contribution in [0.4, 0.5) is 5.69 Å². The van der Waals surface area contributed by atoms with Crippen molar-refractivity contribution in [3.63, 3.8) is 0 Å². The van der Waals surface area contributed by atoms with Crippen LogP contribution < -0.4 is 10.5 Å². The van der Waals surface area contributed by atoms with Crippen LogP contribution >= 0.6 is 0 Å². The molecule has 6 heteroatoms. The second kappa shape index (κ2) is 6.13. The fourth-order valence-electron chi connectivity index (χ4n) is 2.71. The monoisotopic (exact) mass is 355 g/mol. The molecule has 0 amide bonds. The molecule has 0 aliphatic rings. The first kappa shape index (κ1) is 17.4. The summed E-state index contributed by atoms with van der Waals surface area (Å²) >= 11 is 0. The number of pyridine rings is 1. The van der Waals surface area contributed by atoms with Crippen LogP contribution in [0.15, 0.2) is 59.6 Å². The zero-order valence-corrected chi connectivity index (χ0v) is 15.3. The zero-order valence-electron chi connectivity index (χ0n) is 14.4. The highest BCUT2D eigenvalue weighted by atomic mass is 32.2. The normalized spacial score (nSPS) is 12.4. The van der Waals surface area contributed by atoms with Gasteiger partial charge in [0.15, 0.2) is 0 Å². The number of nitrogen functional groups attached to an aromatic ring is 1. The third-order valence-corrected chi connectivity index (χ3v) is 5.49. The highest BCUT2D eigenvalue weighted by molar-refractivity contribution is 7.89. The number of aromatic nitrogens is 1. The number of rotatable bonds is 3. The highest BCUT2D eigenvalue weighted by Gasteiger charge is 2.21. The first-order valence-corrected chi connectivity index (χ1v) is 9.43. The summed E-state index contributed by atoms with van der Waals surface area (Å²) in [5, 5.41) is 0.881. The first-order valence-electron chi connectivity index (χ1n) is 7.95. The maximum absolute atomic E-state index is 12.4. The maximum atomic E-state index is 12.4. The van der Waals surface area contributed by atoms with Crippen molar-refractivity contribution in [1.82, 2.24) is 9.71 Å². The van der Waals surface area contributed by atoms with Gasteiger partial charge < -0.3 is 5.73 Å². The predicted molar refractivity (Wildman–Crippen MR) is 102 cm³/mol. The van der Waals surface area contributed by atoms with Gasteiger partial charge in [-0.2, -0.15) is 0 Å². The van der Waals surface area contributed by atoms with Crippen LogP contribution in [0.5, 0.6) is 0 Å². The van der Waals surface area contributed by atoms with Crippen LogP contribution in [0.3, 0.4) is 0 Å². The van der Waals surface area contributed by atoms with E-state index < -0.39 is 15.6 Å². The molecule has 3 N–H and O–H groups in total. The molecule has 3 rings (SSSR count). The first-order chi connectivity index (χ1) is 11.7. The average Bonchev–Trinajstić information content (AvgIpc) is 2.53. The standard InChI is InChI=1S/C19H21N3O2S/c1-19(2,3)22-25(23,24)14-9-7-13(8-10-14)15-5-4-6-16-17(20)11-12-21-18(15)16/h4-12,22H,1-3H3,(H2,20,21). The second-order valence-electron chi connectivity index (χ2n) is 6.98. The molecule has 1 heterocycles. The molecule has 0 unspecified atom stereocenters. The Morgan fingerprint density at radius 3 is 2.32 bits per heavy atom. The van der Waals surface area contributed by atoms with Crippen LogP contribution in [0, 0.1) is 0 Å². The van der Waals surface area contributed by atoms with Crippen LogP contribution in [0.2, 0.25) is 0 Å². The Balaban J connectivity index is 2.03. The number of nitrogens with one attached hydrogen (secondary N) is 1. The van der Waals surface area contributed by atoms with Crippen molar-refractivity contribution in [3.05, 3.63) is 54.7 Å². The average molecular weight is 355 g/mol. The Labute approximate surface area is 148 Å². The lowest BCUT2D eigenvalue weighted by Crippen LogP contribution is -2.40. The van der Waals surface area contributed by atoms with Crippen molar-refractivity contribution in [2.24, 2.45) is 0 Å². The van der Waals surface area contributed by atoms with Crippen molar-refractivity contribution in [3.8, 4) is 11.1 Å². The maximum Gasteiger partial charge on any atom is 0.241 e. The van der Waals surface area contributed by atoms with Gasteiger partial charge in [-0.05, 0) is 44.5 Å². The van der Waals surface area contributed by atoms with Crippen molar-refractivity contribution in [2.75, 3.05) is 5.73 Å². The molecular formula is C19H21N3O2S. The Morgan fingerprint density at radius 1 is 1.00 bits per heavy atom. The molecule has 0 spiro atoms. The number of benzene rings is 2. The van der Waals surface area contributed by atoms with E-state index in [1.165, 1.54) is 0 Å². The number of fused-ring (bicyclic) bond motifs is 1. The fourth-order valence-corrected chi connectivity index (χ4v) is 4.12. The number of nitrogens with two attached hydrogens (primary N) is 1. The number of sulfonamides is 1. The van der Waals surface area contributed by atoms with E-state index in [0.29, 0.717) is 5.69 Å². The molecule has 3 aromatic rings. The molecule has 0 aliphatic heterocycles. The highest BCUT2D eigenvalue weighted by Crippen LogP contribution is 2.30. The van der Waals surface area contributed by atoms with Crippen molar-refractivity contribution in [1.29, 1.82) is 0 Å². The lowest BCUT2D eigenvalue weighted by molar-refractivity contribution is 0.491. The van der Waals surface area contributed by atoms with E-state index in [4.69, 9.17) is 5.73 Å². The van der Waals surface area contributed by atoms with Crippen molar-refractivity contribution < 1.29 is 8.42 Å². The number of anilines is 1. The van der Waals surface area contributed by atoms with Gasteiger partial charge in [0.1, 0.15) is 0 Å². The van der Waals surface area contributed by atoms with Gasteiger partial charge in [0.2, 0.25) is 10.0 Å². The van der Waals surface area contributed by atoms with Crippen LogP contribution in [0.25, 0.3) is 22.0 Å². The number of hydrogen-bond acceptors (Lipinski definition) is 4. The molecule has 1 aromatic heterocycles. The molecule has 0 radical (unpaired) electrons. The minimum Gasteiger partial charge on any atom is -0.398 e. The van der Waals surface area contributed by atoms with Gasteiger partial charge in [0.05, 0.1) is 10.4 Å². The molecule has 0 saturated carbocycles. The smallest absolute Gasteiger partial charge is 0.241 e. The molecule has 25 heavy (non-hydrogen) atoms. The molecule has 2 aromatic carbocycles. The summed E-state index contributed by atoms with van der Waals surface area (Å²) < 4.78 is 27.5.